The number of para-hydroxylation sites is 2. The average Bonchev–Trinajstić information content (AvgIpc) is 2.43. The van der Waals surface area contributed by atoms with Crippen LogP contribution in [0.1, 0.15) is 13.8 Å². The summed E-state index contributed by atoms with van der Waals surface area (Å²) in [7, 11) is 1.63. The Labute approximate surface area is 114 Å². The molecule has 1 N–H and O–H groups in total. The molecule has 0 unspecified atom stereocenters. The molecule has 4 nitrogen and oxygen atoms in total. The van der Waals surface area contributed by atoms with Crippen molar-refractivity contribution in [1.82, 2.24) is 5.32 Å². The summed E-state index contributed by atoms with van der Waals surface area (Å²) in [5.41, 5.74) is 2.31. The van der Waals surface area contributed by atoms with E-state index < -0.39 is 6.10 Å². The van der Waals surface area contributed by atoms with E-state index in [1.807, 2.05) is 24.3 Å². The van der Waals surface area contributed by atoms with E-state index in [0.29, 0.717) is 6.54 Å². The molecule has 1 aliphatic rings. The topological polar surface area (TPSA) is 41.6 Å². The SMILES string of the molecule is CNC(=O)[C@H]1CN(CC=C(C)C)c2ccccc2O1. The van der Waals surface area contributed by atoms with Crippen molar-refractivity contribution in [2.45, 2.75) is 20.0 Å². The van der Waals surface area contributed by atoms with Crippen LogP contribution in [0.15, 0.2) is 35.9 Å². The minimum Gasteiger partial charge on any atom is -0.477 e. The number of likely N-dealkylation sites (N-methyl/N-ethyl adjacent to an activating group) is 1. The van der Waals surface area contributed by atoms with Crippen molar-refractivity contribution in [3.63, 3.8) is 0 Å². The summed E-state index contributed by atoms with van der Waals surface area (Å²) in [5.74, 6) is 0.682. The summed E-state index contributed by atoms with van der Waals surface area (Å²) in [6, 6.07) is 7.83. The maximum absolute atomic E-state index is 11.8. The van der Waals surface area contributed by atoms with E-state index in [1.54, 1.807) is 7.05 Å². The molecule has 0 fully saturated rings. The molecule has 1 amide bonds. The zero-order valence-electron chi connectivity index (χ0n) is 11.6. The highest BCUT2D eigenvalue weighted by Gasteiger charge is 2.29. The predicted molar refractivity (Wildman–Crippen MR) is 76.6 cm³/mol. The Bertz CT molecular complexity index is 493. The van der Waals surface area contributed by atoms with Gasteiger partial charge in [0.05, 0.1) is 12.2 Å². The van der Waals surface area contributed by atoms with E-state index in [9.17, 15) is 4.79 Å². The van der Waals surface area contributed by atoms with Crippen LogP contribution in [0, 0.1) is 0 Å². The highest BCUT2D eigenvalue weighted by Crippen LogP contribution is 2.32. The molecule has 0 aliphatic carbocycles. The van der Waals surface area contributed by atoms with Gasteiger partial charge in [-0.05, 0) is 26.0 Å². The number of nitrogens with zero attached hydrogens (tertiary/aromatic N) is 1. The second-order valence-electron chi connectivity index (χ2n) is 4.87. The van der Waals surface area contributed by atoms with Crippen molar-refractivity contribution in [3.8, 4) is 5.75 Å². The molecule has 0 saturated carbocycles. The Hall–Kier alpha value is -1.97. The normalized spacial score (nSPS) is 17.2. The van der Waals surface area contributed by atoms with E-state index >= 15 is 0 Å². The van der Waals surface area contributed by atoms with Gasteiger partial charge in [0.2, 0.25) is 0 Å². The van der Waals surface area contributed by atoms with Crippen molar-refractivity contribution in [2.75, 3.05) is 25.0 Å². The molecule has 1 aromatic carbocycles. The molecule has 2 rings (SSSR count). The number of hydrogen-bond donors (Lipinski definition) is 1. The van der Waals surface area contributed by atoms with Crippen LogP contribution in [0.5, 0.6) is 5.75 Å². The fraction of sp³-hybridized carbons (Fsp3) is 0.400. The maximum Gasteiger partial charge on any atom is 0.262 e. The lowest BCUT2D eigenvalue weighted by Crippen LogP contribution is -2.48. The summed E-state index contributed by atoms with van der Waals surface area (Å²) in [6.07, 6.45) is 1.70. The molecule has 1 aliphatic heterocycles. The first-order chi connectivity index (χ1) is 9.11. The van der Waals surface area contributed by atoms with E-state index in [-0.39, 0.29) is 5.91 Å². The van der Waals surface area contributed by atoms with Gasteiger partial charge in [0, 0.05) is 13.6 Å². The monoisotopic (exact) mass is 260 g/mol. The third kappa shape index (κ3) is 3.08. The Morgan fingerprint density at radius 3 is 2.89 bits per heavy atom. The van der Waals surface area contributed by atoms with Gasteiger partial charge in [0.1, 0.15) is 5.75 Å². The van der Waals surface area contributed by atoms with E-state index in [2.05, 4.69) is 30.1 Å². The standard InChI is InChI=1S/C15H20N2O2/c1-11(2)8-9-17-10-14(15(18)16-3)19-13-7-5-4-6-12(13)17/h4-8,14H,9-10H2,1-3H3,(H,16,18)/t14-/m1/s1. The molecule has 0 spiro atoms. The number of carbonyl (C=O) groups excluding carboxylic acids is 1. The second-order valence-corrected chi connectivity index (χ2v) is 4.87. The number of anilines is 1. The number of nitrogens with one attached hydrogen (secondary N) is 1. The van der Waals surface area contributed by atoms with Gasteiger partial charge in [-0.2, -0.15) is 0 Å². The summed E-state index contributed by atoms with van der Waals surface area (Å²) < 4.78 is 5.75. The first kappa shape index (κ1) is 13.5. The van der Waals surface area contributed by atoms with Crippen LogP contribution in [0.2, 0.25) is 0 Å². The van der Waals surface area contributed by atoms with Crippen molar-refractivity contribution in [3.05, 3.63) is 35.9 Å². The molecular formula is C15H20N2O2. The summed E-state index contributed by atoms with van der Waals surface area (Å²) in [6.45, 7) is 5.50. The number of amides is 1. The summed E-state index contributed by atoms with van der Waals surface area (Å²) >= 11 is 0. The number of carbonyl (C=O) groups is 1. The van der Waals surface area contributed by atoms with Crippen LogP contribution in [0.25, 0.3) is 0 Å². The molecule has 1 aromatic rings. The van der Waals surface area contributed by atoms with Gasteiger partial charge >= 0.3 is 0 Å². The van der Waals surface area contributed by atoms with E-state index in [0.717, 1.165) is 18.0 Å². The van der Waals surface area contributed by atoms with Crippen molar-refractivity contribution in [1.29, 1.82) is 0 Å². The lowest BCUT2D eigenvalue weighted by Gasteiger charge is -2.34. The van der Waals surface area contributed by atoms with Crippen LogP contribution in [0.3, 0.4) is 0 Å². The molecule has 4 heteroatoms. The molecule has 0 aromatic heterocycles. The van der Waals surface area contributed by atoms with Crippen LogP contribution in [0.4, 0.5) is 5.69 Å². The molecule has 102 valence electrons. The zero-order chi connectivity index (χ0) is 13.8. The minimum absolute atomic E-state index is 0.0864. The molecule has 0 bridgehead atoms. The Morgan fingerprint density at radius 2 is 2.21 bits per heavy atom. The smallest absolute Gasteiger partial charge is 0.262 e. The molecule has 19 heavy (non-hydrogen) atoms. The molecule has 1 atom stereocenters. The molecule has 1 heterocycles. The second kappa shape index (κ2) is 5.78. The van der Waals surface area contributed by atoms with Crippen molar-refractivity contribution < 1.29 is 9.53 Å². The third-order valence-electron chi connectivity index (χ3n) is 3.12. The number of fused-ring (bicyclic) bond motifs is 1. The number of benzene rings is 1. The van der Waals surface area contributed by atoms with Gasteiger partial charge in [-0.3, -0.25) is 4.79 Å². The highest BCUT2D eigenvalue weighted by atomic mass is 16.5. The van der Waals surface area contributed by atoms with E-state index in [1.165, 1.54) is 5.57 Å². The lowest BCUT2D eigenvalue weighted by atomic mass is 10.1. The Balaban J connectivity index is 2.26. The number of allylic oxidation sites excluding steroid dienone is 1. The predicted octanol–water partition coefficient (Wildman–Crippen LogP) is 1.97. The number of hydrogen-bond acceptors (Lipinski definition) is 3. The lowest BCUT2D eigenvalue weighted by molar-refractivity contribution is -0.127. The molecule has 0 radical (unpaired) electrons. The van der Waals surface area contributed by atoms with Crippen molar-refractivity contribution >= 4 is 11.6 Å². The first-order valence-electron chi connectivity index (χ1n) is 6.47. The fourth-order valence-electron chi connectivity index (χ4n) is 2.07. The minimum atomic E-state index is -0.453. The van der Waals surface area contributed by atoms with Gasteiger partial charge < -0.3 is 15.0 Å². The number of rotatable bonds is 3. The zero-order valence-corrected chi connectivity index (χ0v) is 11.6. The number of ether oxygens (including phenoxy) is 1. The van der Waals surface area contributed by atoms with Gasteiger partial charge in [-0.25, -0.2) is 0 Å². The van der Waals surface area contributed by atoms with Crippen LogP contribution >= 0.6 is 0 Å². The third-order valence-corrected chi connectivity index (χ3v) is 3.12. The quantitative estimate of drug-likeness (QED) is 0.845. The van der Waals surface area contributed by atoms with Crippen molar-refractivity contribution in [2.24, 2.45) is 0 Å². The largest absolute Gasteiger partial charge is 0.477 e. The summed E-state index contributed by atoms with van der Waals surface area (Å²) in [4.78, 5) is 14.0. The van der Waals surface area contributed by atoms with Crippen LogP contribution in [-0.4, -0.2) is 32.1 Å². The summed E-state index contributed by atoms with van der Waals surface area (Å²) in [5, 5.41) is 2.64. The van der Waals surface area contributed by atoms with Crippen LogP contribution in [-0.2, 0) is 4.79 Å². The van der Waals surface area contributed by atoms with Crippen LogP contribution < -0.4 is 15.0 Å². The Kier molecular flexibility index (Phi) is 4.10. The Morgan fingerprint density at radius 1 is 1.47 bits per heavy atom. The van der Waals surface area contributed by atoms with Gasteiger partial charge in [-0.1, -0.05) is 23.8 Å². The average molecular weight is 260 g/mol. The molecular weight excluding hydrogens is 240 g/mol. The first-order valence-corrected chi connectivity index (χ1v) is 6.47. The van der Waals surface area contributed by atoms with Gasteiger partial charge in [0.15, 0.2) is 6.10 Å². The maximum atomic E-state index is 11.8. The highest BCUT2D eigenvalue weighted by molar-refractivity contribution is 5.83. The van der Waals surface area contributed by atoms with Gasteiger partial charge in [0.25, 0.3) is 5.91 Å². The van der Waals surface area contributed by atoms with E-state index in [4.69, 9.17) is 4.74 Å². The van der Waals surface area contributed by atoms with Gasteiger partial charge in [-0.15, -0.1) is 0 Å². The molecule has 0 saturated heterocycles. The fourth-order valence-corrected chi connectivity index (χ4v) is 2.07.